The lowest BCUT2D eigenvalue weighted by Crippen LogP contribution is -2.44. The van der Waals surface area contributed by atoms with Crippen molar-refractivity contribution in [1.82, 2.24) is 10.3 Å². The van der Waals surface area contributed by atoms with Crippen LogP contribution in [0.5, 0.6) is 0 Å². The molecule has 0 fully saturated rings. The second kappa shape index (κ2) is 7.51. The van der Waals surface area contributed by atoms with E-state index in [1.54, 1.807) is 13.0 Å². The third-order valence-electron chi connectivity index (χ3n) is 3.14. The summed E-state index contributed by atoms with van der Waals surface area (Å²) in [5, 5.41) is 12.7. The minimum absolute atomic E-state index is 0.123. The Morgan fingerprint density at radius 2 is 2.05 bits per heavy atom. The zero-order chi connectivity index (χ0) is 15.9. The third kappa shape index (κ3) is 4.26. The van der Waals surface area contributed by atoms with Gasteiger partial charge in [-0.1, -0.05) is 24.3 Å². The zero-order valence-electron chi connectivity index (χ0n) is 12.3. The monoisotopic (exact) mass is 302 g/mol. The first kappa shape index (κ1) is 15.9. The number of aromatic nitrogens is 1. The quantitative estimate of drug-likeness (QED) is 0.806. The maximum absolute atomic E-state index is 11.6. The van der Waals surface area contributed by atoms with Crippen molar-refractivity contribution in [3.63, 3.8) is 0 Å². The van der Waals surface area contributed by atoms with Gasteiger partial charge >= 0.3 is 5.97 Å². The number of pyridine rings is 1. The van der Waals surface area contributed by atoms with Gasteiger partial charge in [0.15, 0.2) is 0 Å². The minimum atomic E-state index is -1.10. The normalized spacial score (nSPS) is 12.0. The van der Waals surface area contributed by atoms with E-state index in [4.69, 9.17) is 4.74 Å². The number of benzene rings is 1. The number of rotatable bonds is 7. The molecule has 2 aromatic rings. The Morgan fingerprint density at radius 3 is 2.77 bits per heavy atom. The van der Waals surface area contributed by atoms with E-state index in [0.717, 1.165) is 10.9 Å². The molecule has 1 aromatic carbocycles. The van der Waals surface area contributed by atoms with E-state index < -0.39 is 17.9 Å². The Kier molecular flexibility index (Phi) is 5.43. The highest BCUT2D eigenvalue weighted by Crippen LogP contribution is 2.12. The zero-order valence-corrected chi connectivity index (χ0v) is 12.3. The number of carboxylic acid groups (broad SMARTS) is 1. The summed E-state index contributed by atoms with van der Waals surface area (Å²) in [5.41, 5.74) is 1.41. The summed E-state index contributed by atoms with van der Waals surface area (Å²) in [6, 6.07) is 10.2. The summed E-state index contributed by atoms with van der Waals surface area (Å²) in [6.45, 7) is 2.02. The fourth-order valence-corrected chi connectivity index (χ4v) is 2.06. The Morgan fingerprint density at radius 1 is 1.27 bits per heavy atom. The Balaban J connectivity index is 2.08. The molecule has 0 bridgehead atoms. The fraction of sp³-hybridized carbons (Fsp3) is 0.312. The molecule has 0 unspecified atom stereocenters. The summed E-state index contributed by atoms with van der Waals surface area (Å²) in [7, 11) is 0. The summed E-state index contributed by atoms with van der Waals surface area (Å²) in [4.78, 5) is 27.3. The molecule has 1 atom stereocenters. The molecule has 0 aliphatic rings. The van der Waals surface area contributed by atoms with E-state index in [1.165, 1.54) is 0 Å². The van der Waals surface area contributed by atoms with Crippen LogP contribution in [0.25, 0.3) is 10.9 Å². The molecule has 6 nitrogen and oxygen atoms in total. The number of hydrogen-bond acceptors (Lipinski definition) is 4. The van der Waals surface area contributed by atoms with Crippen molar-refractivity contribution in [1.29, 1.82) is 0 Å². The van der Waals surface area contributed by atoms with E-state index in [9.17, 15) is 14.7 Å². The lowest BCUT2D eigenvalue weighted by Gasteiger charge is -2.14. The molecule has 2 N–H and O–H groups in total. The predicted molar refractivity (Wildman–Crippen MR) is 81.5 cm³/mol. The predicted octanol–water partition coefficient (Wildman–Crippen LogP) is 1.38. The first-order chi connectivity index (χ1) is 10.6. The Labute approximate surface area is 128 Å². The molecule has 0 saturated heterocycles. The van der Waals surface area contributed by atoms with Gasteiger partial charge in [0.05, 0.1) is 5.52 Å². The molecule has 116 valence electrons. The van der Waals surface area contributed by atoms with Crippen LogP contribution in [0.4, 0.5) is 0 Å². The van der Waals surface area contributed by atoms with Gasteiger partial charge in [0.1, 0.15) is 12.6 Å². The molecule has 6 heteroatoms. The molecule has 1 amide bonds. The second-order valence-electron chi connectivity index (χ2n) is 4.79. The van der Waals surface area contributed by atoms with Crippen molar-refractivity contribution in [3.05, 3.63) is 42.1 Å². The smallest absolute Gasteiger partial charge is 0.326 e. The fourth-order valence-electron chi connectivity index (χ4n) is 2.06. The third-order valence-corrected chi connectivity index (χ3v) is 3.14. The van der Waals surface area contributed by atoms with E-state index >= 15 is 0 Å². The number of para-hydroxylation sites is 1. The van der Waals surface area contributed by atoms with Crippen molar-refractivity contribution < 1.29 is 19.4 Å². The Hall–Kier alpha value is -2.47. The van der Waals surface area contributed by atoms with Crippen LogP contribution in [-0.2, 0) is 20.7 Å². The molecule has 1 aromatic heterocycles. The number of ether oxygens (including phenoxy) is 1. The lowest BCUT2D eigenvalue weighted by molar-refractivity contribution is -0.142. The van der Waals surface area contributed by atoms with Gasteiger partial charge in [0.25, 0.3) is 0 Å². The number of nitrogens with zero attached hydrogens (tertiary/aromatic N) is 1. The molecule has 0 saturated carbocycles. The van der Waals surface area contributed by atoms with Gasteiger partial charge in [-0.2, -0.15) is 0 Å². The second-order valence-corrected chi connectivity index (χ2v) is 4.79. The molecular formula is C16H18N2O4. The van der Waals surface area contributed by atoms with Crippen LogP contribution in [-0.4, -0.2) is 41.2 Å². The summed E-state index contributed by atoms with van der Waals surface area (Å²) in [6.07, 6.45) is 0.123. The maximum Gasteiger partial charge on any atom is 0.326 e. The highest BCUT2D eigenvalue weighted by molar-refractivity contribution is 5.84. The number of carboxylic acids is 1. The number of nitrogens with one attached hydrogen (secondary N) is 1. The van der Waals surface area contributed by atoms with Crippen LogP contribution in [0.15, 0.2) is 36.4 Å². The van der Waals surface area contributed by atoms with Crippen molar-refractivity contribution in [3.8, 4) is 0 Å². The van der Waals surface area contributed by atoms with E-state index in [-0.39, 0.29) is 13.0 Å². The van der Waals surface area contributed by atoms with E-state index in [1.807, 2.05) is 30.3 Å². The highest BCUT2D eigenvalue weighted by Gasteiger charge is 2.21. The van der Waals surface area contributed by atoms with E-state index in [2.05, 4.69) is 10.3 Å². The van der Waals surface area contributed by atoms with Gasteiger partial charge in [-0.25, -0.2) is 4.79 Å². The van der Waals surface area contributed by atoms with E-state index in [0.29, 0.717) is 12.3 Å². The van der Waals surface area contributed by atoms with Gasteiger partial charge in [0.2, 0.25) is 5.91 Å². The van der Waals surface area contributed by atoms with Gasteiger partial charge < -0.3 is 15.2 Å². The average Bonchev–Trinajstić information content (AvgIpc) is 2.52. The van der Waals surface area contributed by atoms with Crippen LogP contribution in [0, 0.1) is 0 Å². The number of aliphatic carboxylic acids is 1. The topological polar surface area (TPSA) is 88.5 Å². The SMILES string of the molecule is CCOCC(=O)N[C@H](Cc1ccc2ccccc2n1)C(=O)O. The van der Waals surface area contributed by atoms with Crippen LogP contribution >= 0.6 is 0 Å². The molecule has 0 radical (unpaired) electrons. The van der Waals surface area contributed by atoms with Crippen LogP contribution < -0.4 is 5.32 Å². The standard InChI is InChI=1S/C16H18N2O4/c1-2-22-10-15(19)18-14(16(20)21)9-12-8-7-11-5-3-4-6-13(11)17-12/h3-8,14H,2,9-10H2,1H3,(H,18,19)(H,20,21)/t14-/m1/s1. The number of fused-ring (bicyclic) bond motifs is 1. The van der Waals surface area contributed by atoms with Gasteiger partial charge in [-0.15, -0.1) is 0 Å². The minimum Gasteiger partial charge on any atom is -0.480 e. The molecule has 2 rings (SSSR count). The number of hydrogen-bond donors (Lipinski definition) is 2. The summed E-state index contributed by atoms with van der Waals surface area (Å²) < 4.78 is 4.96. The number of amides is 1. The number of carbonyl (C=O) groups is 2. The van der Waals surface area contributed by atoms with Gasteiger partial charge in [0, 0.05) is 24.1 Å². The molecule has 22 heavy (non-hydrogen) atoms. The van der Waals surface area contributed by atoms with Gasteiger partial charge in [-0.3, -0.25) is 9.78 Å². The summed E-state index contributed by atoms with van der Waals surface area (Å²) >= 11 is 0. The highest BCUT2D eigenvalue weighted by atomic mass is 16.5. The average molecular weight is 302 g/mol. The molecular weight excluding hydrogens is 284 g/mol. The first-order valence-electron chi connectivity index (χ1n) is 7.04. The first-order valence-corrected chi connectivity index (χ1v) is 7.04. The van der Waals surface area contributed by atoms with Crippen molar-refractivity contribution in [2.45, 2.75) is 19.4 Å². The van der Waals surface area contributed by atoms with Gasteiger partial charge in [-0.05, 0) is 19.1 Å². The van der Waals surface area contributed by atoms with Crippen molar-refractivity contribution in [2.24, 2.45) is 0 Å². The molecule has 0 aliphatic heterocycles. The molecule has 0 spiro atoms. The lowest BCUT2D eigenvalue weighted by atomic mass is 10.1. The molecule has 1 heterocycles. The van der Waals surface area contributed by atoms with Crippen LogP contribution in [0.1, 0.15) is 12.6 Å². The molecule has 0 aliphatic carbocycles. The maximum atomic E-state index is 11.6. The number of carbonyl (C=O) groups excluding carboxylic acids is 1. The Bertz CT molecular complexity index is 672. The van der Waals surface area contributed by atoms with Crippen molar-refractivity contribution >= 4 is 22.8 Å². The summed E-state index contributed by atoms with van der Waals surface area (Å²) in [5.74, 6) is -1.55. The van der Waals surface area contributed by atoms with Crippen LogP contribution in [0.3, 0.4) is 0 Å². The van der Waals surface area contributed by atoms with Crippen LogP contribution in [0.2, 0.25) is 0 Å². The largest absolute Gasteiger partial charge is 0.480 e. The van der Waals surface area contributed by atoms with Crippen molar-refractivity contribution in [2.75, 3.05) is 13.2 Å².